The molecule has 0 aliphatic carbocycles. The molecule has 1 atom stereocenters. The Hall–Kier alpha value is -3.24. The molecule has 10 heteroatoms. The van der Waals surface area contributed by atoms with Crippen molar-refractivity contribution in [3.05, 3.63) is 100 Å². The molecule has 3 aromatic carbocycles. The third-order valence-electron chi connectivity index (χ3n) is 6.14. The van der Waals surface area contributed by atoms with Gasteiger partial charge < -0.3 is 10.2 Å². The molecule has 3 rings (SSSR count). The van der Waals surface area contributed by atoms with Gasteiger partial charge in [0.1, 0.15) is 11.9 Å². The summed E-state index contributed by atoms with van der Waals surface area (Å²) >= 11 is 3.46. The first-order valence-corrected chi connectivity index (χ1v) is 15.3. The van der Waals surface area contributed by atoms with Crippen molar-refractivity contribution in [3.63, 3.8) is 0 Å². The number of para-hydroxylation sites is 1. The molecule has 0 bridgehead atoms. The van der Waals surface area contributed by atoms with Gasteiger partial charge in [0.05, 0.1) is 11.9 Å². The Kier molecular flexibility index (Phi) is 11.1. The number of sulfonamides is 1. The SMILES string of the molecule is CCNC(=O)[C@H](Cc1ccccc1)N(Cc1cccc(Br)c1)C(=O)CCCN(c1ccccc1F)S(C)(=O)=O. The van der Waals surface area contributed by atoms with Crippen molar-refractivity contribution < 1.29 is 22.4 Å². The summed E-state index contributed by atoms with van der Waals surface area (Å²) in [6, 6.07) is 21.8. The van der Waals surface area contributed by atoms with E-state index in [9.17, 15) is 22.4 Å². The Bertz CT molecular complexity index is 1370. The molecule has 0 radical (unpaired) electrons. The first-order chi connectivity index (χ1) is 18.6. The molecule has 0 unspecified atom stereocenters. The lowest BCUT2D eigenvalue weighted by atomic mass is 10.0. The van der Waals surface area contributed by atoms with Crippen LogP contribution in [-0.4, -0.2) is 50.5 Å². The number of likely N-dealkylation sites (N-methyl/N-ethyl adjacent to an activating group) is 1. The number of halogens is 2. The summed E-state index contributed by atoms with van der Waals surface area (Å²) in [6.07, 6.45) is 1.44. The number of amides is 2. The number of carbonyl (C=O) groups excluding carboxylic acids is 2. The van der Waals surface area contributed by atoms with Crippen LogP contribution in [-0.2, 0) is 32.6 Å². The number of nitrogens with one attached hydrogen (secondary N) is 1. The molecule has 0 saturated heterocycles. The Morgan fingerprint density at radius 2 is 1.64 bits per heavy atom. The summed E-state index contributed by atoms with van der Waals surface area (Å²) in [5, 5.41) is 2.85. The lowest BCUT2D eigenvalue weighted by Gasteiger charge is -2.32. The summed E-state index contributed by atoms with van der Waals surface area (Å²) in [6.45, 7) is 2.34. The van der Waals surface area contributed by atoms with Crippen LogP contribution in [0.15, 0.2) is 83.3 Å². The molecule has 0 saturated carbocycles. The lowest BCUT2D eigenvalue weighted by Crippen LogP contribution is -2.50. The largest absolute Gasteiger partial charge is 0.355 e. The molecule has 208 valence electrons. The fourth-order valence-electron chi connectivity index (χ4n) is 4.31. The highest BCUT2D eigenvalue weighted by Gasteiger charge is 2.30. The fourth-order valence-corrected chi connectivity index (χ4v) is 5.73. The van der Waals surface area contributed by atoms with E-state index in [1.165, 1.54) is 18.2 Å². The first-order valence-electron chi connectivity index (χ1n) is 12.7. The van der Waals surface area contributed by atoms with Gasteiger partial charge >= 0.3 is 0 Å². The number of carbonyl (C=O) groups is 2. The predicted octanol–water partition coefficient (Wildman–Crippen LogP) is 4.91. The number of anilines is 1. The summed E-state index contributed by atoms with van der Waals surface area (Å²) in [5.41, 5.74) is 1.68. The van der Waals surface area contributed by atoms with Gasteiger partial charge in [-0.3, -0.25) is 13.9 Å². The molecule has 0 aliphatic heterocycles. The third-order valence-corrected chi connectivity index (χ3v) is 7.81. The molecular formula is C29H33BrFN3O4S. The van der Waals surface area contributed by atoms with Gasteiger partial charge in [0, 0.05) is 36.9 Å². The zero-order valence-corrected chi connectivity index (χ0v) is 24.4. The van der Waals surface area contributed by atoms with Gasteiger partial charge in [0.25, 0.3) is 0 Å². The summed E-state index contributed by atoms with van der Waals surface area (Å²) < 4.78 is 41.1. The van der Waals surface area contributed by atoms with Crippen molar-refractivity contribution in [1.29, 1.82) is 0 Å². The Labute approximate surface area is 238 Å². The molecule has 1 N–H and O–H groups in total. The molecule has 3 aromatic rings. The van der Waals surface area contributed by atoms with Crippen molar-refractivity contribution >= 4 is 43.5 Å². The standard InChI is InChI=1S/C29H33BrFN3O4S/c1-3-32-29(36)27(20-22-11-5-4-6-12-22)33(21-23-13-9-14-24(30)19-23)28(35)17-10-18-34(39(2,37)38)26-16-8-7-15-25(26)31/h4-9,11-16,19,27H,3,10,17-18,20-21H2,1-2H3,(H,32,36)/t27-/m0/s1. The smallest absolute Gasteiger partial charge is 0.243 e. The van der Waals surface area contributed by atoms with Gasteiger partial charge in [0.15, 0.2) is 0 Å². The molecule has 0 aromatic heterocycles. The molecule has 0 fully saturated rings. The van der Waals surface area contributed by atoms with E-state index in [0.717, 1.165) is 26.2 Å². The fraction of sp³-hybridized carbons (Fsp3) is 0.310. The number of rotatable bonds is 13. The van der Waals surface area contributed by atoms with Crippen molar-refractivity contribution in [2.45, 2.75) is 38.8 Å². The maximum absolute atomic E-state index is 14.4. The van der Waals surface area contributed by atoms with E-state index in [4.69, 9.17) is 0 Å². The third kappa shape index (κ3) is 8.90. The highest BCUT2D eigenvalue weighted by molar-refractivity contribution is 9.10. The molecule has 2 amide bonds. The zero-order valence-electron chi connectivity index (χ0n) is 22.0. The minimum Gasteiger partial charge on any atom is -0.355 e. The Morgan fingerprint density at radius 3 is 2.28 bits per heavy atom. The monoisotopic (exact) mass is 617 g/mol. The number of hydrogen-bond donors (Lipinski definition) is 1. The Morgan fingerprint density at radius 1 is 0.974 bits per heavy atom. The second-order valence-electron chi connectivity index (χ2n) is 9.14. The number of benzene rings is 3. The molecule has 0 heterocycles. The lowest BCUT2D eigenvalue weighted by molar-refractivity contribution is -0.141. The first kappa shape index (κ1) is 30.3. The van der Waals surface area contributed by atoms with Crippen LogP contribution in [0.2, 0.25) is 0 Å². The average Bonchev–Trinajstić information content (AvgIpc) is 2.89. The van der Waals surface area contributed by atoms with E-state index < -0.39 is 21.9 Å². The normalized spacial score (nSPS) is 12.0. The van der Waals surface area contributed by atoms with Gasteiger partial charge in [0.2, 0.25) is 21.8 Å². The quantitative estimate of drug-likeness (QED) is 0.295. The van der Waals surface area contributed by atoms with Crippen molar-refractivity contribution in [1.82, 2.24) is 10.2 Å². The van der Waals surface area contributed by atoms with Crippen LogP contribution in [0, 0.1) is 5.82 Å². The van der Waals surface area contributed by atoms with Crippen LogP contribution >= 0.6 is 15.9 Å². The molecular weight excluding hydrogens is 585 g/mol. The van der Waals surface area contributed by atoms with Crippen LogP contribution < -0.4 is 9.62 Å². The van der Waals surface area contributed by atoms with E-state index >= 15 is 0 Å². The van der Waals surface area contributed by atoms with Crippen molar-refractivity contribution in [2.24, 2.45) is 0 Å². The van der Waals surface area contributed by atoms with Crippen LogP contribution in [0.5, 0.6) is 0 Å². The minimum atomic E-state index is -3.79. The van der Waals surface area contributed by atoms with Crippen LogP contribution in [0.25, 0.3) is 0 Å². The molecule has 0 aliphatic rings. The summed E-state index contributed by atoms with van der Waals surface area (Å²) in [4.78, 5) is 28.5. The molecule has 7 nitrogen and oxygen atoms in total. The van der Waals surface area contributed by atoms with Gasteiger partial charge in [-0.15, -0.1) is 0 Å². The highest BCUT2D eigenvalue weighted by atomic mass is 79.9. The van der Waals surface area contributed by atoms with E-state index in [1.807, 2.05) is 61.5 Å². The second kappa shape index (κ2) is 14.2. The van der Waals surface area contributed by atoms with Crippen LogP contribution in [0.3, 0.4) is 0 Å². The predicted molar refractivity (Wildman–Crippen MR) is 155 cm³/mol. The number of nitrogens with zero attached hydrogens (tertiary/aromatic N) is 2. The van der Waals surface area contributed by atoms with Gasteiger partial charge in [-0.05, 0) is 48.7 Å². The van der Waals surface area contributed by atoms with Gasteiger partial charge in [-0.25, -0.2) is 12.8 Å². The Balaban J connectivity index is 1.87. The van der Waals surface area contributed by atoms with E-state index in [0.29, 0.717) is 13.0 Å². The number of hydrogen-bond acceptors (Lipinski definition) is 4. The zero-order chi connectivity index (χ0) is 28.4. The van der Waals surface area contributed by atoms with E-state index in [2.05, 4.69) is 21.2 Å². The highest BCUT2D eigenvalue weighted by Crippen LogP contribution is 2.23. The average molecular weight is 619 g/mol. The van der Waals surface area contributed by atoms with Crippen LogP contribution in [0.1, 0.15) is 30.9 Å². The molecule has 39 heavy (non-hydrogen) atoms. The summed E-state index contributed by atoms with van der Waals surface area (Å²) in [5.74, 6) is -1.23. The van der Waals surface area contributed by atoms with Crippen molar-refractivity contribution in [3.8, 4) is 0 Å². The summed E-state index contributed by atoms with van der Waals surface area (Å²) in [7, 11) is -3.79. The second-order valence-corrected chi connectivity index (χ2v) is 12.0. The van der Waals surface area contributed by atoms with Gasteiger partial charge in [-0.1, -0.05) is 70.5 Å². The van der Waals surface area contributed by atoms with E-state index in [1.54, 1.807) is 11.0 Å². The maximum atomic E-state index is 14.4. The van der Waals surface area contributed by atoms with E-state index in [-0.39, 0.29) is 43.4 Å². The maximum Gasteiger partial charge on any atom is 0.243 e. The topological polar surface area (TPSA) is 86.8 Å². The van der Waals surface area contributed by atoms with Gasteiger partial charge in [-0.2, -0.15) is 0 Å². The minimum absolute atomic E-state index is 0.0286. The molecule has 0 spiro atoms. The van der Waals surface area contributed by atoms with Crippen LogP contribution in [0.4, 0.5) is 10.1 Å². The van der Waals surface area contributed by atoms with Crippen molar-refractivity contribution in [2.75, 3.05) is 23.7 Å².